The molecule has 3 aromatic rings. The van der Waals surface area contributed by atoms with Crippen LogP contribution in [0.1, 0.15) is 5.56 Å². The van der Waals surface area contributed by atoms with Crippen LogP contribution in [0.5, 0.6) is 5.75 Å². The third-order valence-electron chi connectivity index (χ3n) is 3.12. The van der Waals surface area contributed by atoms with Gasteiger partial charge in [-0.3, -0.25) is 0 Å². The molecule has 0 unspecified atom stereocenters. The molecule has 20 heavy (non-hydrogen) atoms. The van der Waals surface area contributed by atoms with Crippen LogP contribution in [0.4, 0.5) is 5.88 Å². The molecule has 5 heteroatoms. The zero-order chi connectivity index (χ0) is 14.3. The van der Waals surface area contributed by atoms with Crippen molar-refractivity contribution in [2.24, 2.45) is 0 Å². The Bertz CT molecular complexity index is 763. The van der Waals surface area contributed by atoms with Gasteiger partial charge in [-0.15, -0.1) is 11.3 Å². The smallest absolute Gasteiger partial charge is 0.203 e. The van der Waals surface area contributed by atoms with E-state index in [2.05, 4.69) is 0 Å². The summed E-state index contributed by atoms with van der Waals surface area (Å²) in [6.07, 6.45) is 0. The highest BCUT2D eigenvalue weighted by molar-refractivity contribution is 7.13. The predicted octanol–water partition coefficient (Wildman–Crippen LogP) is 4.92. The van der Waals surface area contributed by atoms with E-state index in [4.69, 9.17) is 21.8 Å². The monoisotopic (exact) mass is 305 g/mol. The lowest BCUT2D eigenvalue weighted by Gasteiger charge is -2.05. The maximum atomic E-state index is 10.4. The average Bonchev–Trinajstić information content (AvgIpc) is 3.02. The Kier molecular flexibility index (Phi) is 3.20. The van der Waals surface area contributed by atoms with E-state index in [1.165, 1.54) is 11.3 Å². The van der Waals surface area contributed by atoms with Gasteiger partial charge in [-0.2, -0.15) is 0 Å². The fraction of sp³-hybridized carbons (Fsp3) is 0.0667. The topological polar surface area (TPSA) is 59.4 Å². The van der Waals surface area contributed by atoms with Crippen molar-refractivity contribution in [3.63, 3.8) is 0 Å². The summed E-state index contributed by atoms with van der Waals surface area (Å²) >= 11 is 7.77. The van der Waals surface area contributed by atoms with E-state index >= 15 is 0 Å². The molecule has 1 aromatic carbocycles. The highest BCUT2D eigenvalue weighted by Gasteiger charge is 2.23. The number of hydrogen-bond donors (Lipinski definition) is 2. The first kappa shape index (κ1) is 13.1. The van der Waals surface area contributed by atoms with Gasteiger partial charge in [0.1, 0.15) is 0 Å². The molecule has 0 saturated carbocycles. The second-order valence-corrected chi connectivity index (χ2v) is 5.76. The van der Waals surface area contributed by atoms with Gasteiger partial charge in [0.25, 0.3) is 0 Å². The van der Waals surface area contributed by atoms with E-state index < -0.39 is 0 Å². The quantitative estimate of drug-likeness (QED) is 0.706. The van der Waals surface area contributed by atoms with Gasteiger partial charge < -0.3 is 15.3 Å². The molecule has 0 atom stereocenters. The van der Waals surface area contributed by atoms with E-state index in [1.54, 1.807) is 0 Å². The average molecular weight is 306 g/mol. The van der Waals surface area contributed by atoms with E-state index in [9.17, 15) is 5.11 Å². The summed E-state index contributed by atoms with van der Waals surface area (Å²) < 4.78 is 5.52. The molecule has 0 bridgehead atoms. The Labute approximate surface area is 125 Å². The number of anilines is 1. The lowest BCUT2D eigenvalue weighted by Crippen LogP contribution is -1.87. The zero-order valence-electron chi connectivity index (χ0n) is 10.7. The van der Waals surface area contributed by atoms with Crippen molar-refractivity contribution >= 4 is 28.8 Å². The summed E-state index contributed by atoms with van der Waals surface area (Å²) in [6.45, 7) is 1.90. The third-order valence-corrected chi connectivity index (χ3v) is 4.49. The maximum Gasteiger partial charge on any atom is 0.203 e. The normalized spacial score (nSPS) is 10.9. The largest absolute Gasteiger partial charge is 0.504 e. The number of furan rings is 1. The van der Waals surface area contributed by atoms with Crippen molar-refractivity contribution in [3.05, 3.63) is 46.3 Å². The maximum absolute atomic E-state index is 10.4. The second kappa shape index (κ2) is 4.89. The molecule has 3 N–H and O–H groups in total. The van der Waals surface area contributed by atoms with Gasteiger partial charge in [-0.1, -0.05) is 35.9 Å². The van der Waals surface area contributed by atoms with Gasteiger partial charge in [0.15, 0.2) is 11.5 Å². The van der Waals surface area contributed by atoms with Gasteiger partial charge in [-0.25, -0.2) is 0 Å². The molecular formula is C15H12ClNO2S. The second-order valence-electron chi connectivity index (χ2n) is 4.43. The van der Waals surface area contributed by atoms with Crippen LogP contribution in [0, 0.1) is 6.92 Å². The first-order chi connectivity index (χ1) is 9.59. The van der Waals surface area contributed by atoms with Gasteiger partial charge in [0, 0.05) is 5.56 Å². The van der Waals surface area contributed by atoms with Gasteiger partial charge in [0.05, 0.1) is 15.5 Å². The van der Waals surface area contributed by atoms with Crippen molar-refractivity contribution in [3.8, 4) is 27.5 Å². The van der Waals surface area contributed by atoms with Gasteiger partial charge in [0.2, 0.25) is 5.88 Å². The zero-order valence-corrected chi connectivity index (χ0v) is 12.3. The minimum atomic E-state index is 0.0254. The summed E-state index contributed by atoms with van der Waals surface area (Å²) in [4.78, 5) is 0.823. The van der Waals surface area contributed by atoms with Crippen molar-refractivity contribution in [1.29, 1.82) is 0 Å². The molecule has 2 heterocycles. The molecule has 0 fully saturated rings. The van der Waals surface area contributed by atoms with E-state index in [0.29, 0.717) is 21.9 Å². The molecule has 0 radical (unpaired) electrons. The van der Waals surface area contributed by atoms with Crippen LogP contribution < -0.4 is 5.73 Å². The SMILES string of the molecule is Cc1cccc(-c2c(N)oc(-c3cccs3)c2O)c1Cl. The Morgan fingerprint density at radius 3 is 2.75 bits per heavy atom. The number of aryl methyl sites for hydroxylation is 1. The van der Waals surface area contributed by atoms with Crippen molar-refractivity contribution in [2.75, 3.05) is 5.73 Å². The molecular weight excluding hydrogens is 294 g/mol. The third kappa shape index (κ3) is 1.97. The summed E-state index contributed by atoms with van der Waals surface area (Å²) in [5, 5.41) is 12.9. The summed E-state index contributed by atoms with van der Waals surface area (Å²) in [7, 11) is 0. The Morgan fingerprint density at radius 2 is 2.05 bits per heavy atom. The number of thiophene rings is 1. The van der Waals surface area contributed by atoms with Crippen LogP contribution in [0.3, 0.4) is 0 Å². The lowest BCUT2D eigenvalue weighted by molar-refractivity contribution is 0.467. The fourth-order valence-corrected chi connectivity index (χ4v) is 3.04. The van der Waals surface area contributed by atoms with Crippen molar-refractivity contribution < 1.29 is 9.52 Å². The number of benzene rings is 1. The van der Waals surface area contributed by atoms with E-state index in [1.807, 2.05) is 42.6 Å². The van der Waals surface area contributed by atoms with Crippen LogP contribution in [0.2, 0.25) is 5.02 Å². The number of nitrogens with two attached hydrogens (primary N) is 1. The Morgan fingerprint density at radius 1 is 1.25 bits per heavy atom. The molecule has 0 aliphatic heterocycles. The van der Waals surface area contributed by atoms with Crippen LogP contribution in [0.15, 0.2) is 40.1 Å². The molecule has 0 aliphatic carbocycles. The highest BCUT2D eigenvalue weighted by atomic mass is 35.5. The fourth-order valence-electron chi connectivity index (χ4n) is 2.12. The Balaban J connectivity index is 2.23. The molecule has 0 spiro atoms. The minimum absolute atomic E-state index is 0.0254. The molecule has 102 valence electrons. The standard InChI is InChI=1S/C15H12ClNO2S/c1-8-4-2-5-9(12(8)16)11-13(18)14(19-15(11)17)10-6-3-7-20-10/h2-7,18H,17H2,1H3. The van der Waals surface area contributed by atoms with Crippen molar-refractivity contribution in [1.82, 2.24) is 0 Å². The van der Waals surface area contributed by atoms with E-state index in [-0.39, 0.29) is 11.6 Å². The van der Waals surface area contributed by atoms with Crippen LogP contribution in [-0.4, -0.2) is 5.11 Å². The summed E-state index contributed by atoms with van der Waals surface area (Å²) in [5.74, 6) is 0.570. The number of aromatic hydroxyl groups is 1. The summed E-state index contributed by atoms with van der Waals surface area (Å²) in [6, 6.07) is 9.34. The minimum Gasteiger partial charge on any atom is -0.504 e. The number of hydrogen-bond acceptors (Lipinski definition) is 4. The van der Waals surface area contributed by atoms with Crippen molar-refractivity contribution in [2.45, 2.75) is 6.92 Å². The van der Waals surface area contributed by atoms with Gasteiger partial charge >= 0.3 is 0 Å². The number of rotatable bonds is 2. The van der Waals surface area contributed by atoms with Crippen LogP contribution in [0.25, 0.3) is 21.8 Å². The molecule has 3 nitrogen and oxygen atoms in total. The van der Waals surface area contributed by atoms with E-state index in [0.717, 1.165) is 10.4 Å². The molecule has 0 saturated heterocycles. The first-order valence-electron chi connectivity index (χ1n) is 6.00. The Hall–Kier alpha value is -1.91. The number of nitrogen functional groups attached to an aromatic ring is 1. The van der Waals surface area contributed by atoms with Gasteiger partial charge in [-0.05, 0) is 23.9 Å². The summed E-state index contributed by atoms with van der Waals surface area (Å²) in [5.41, 5.74) is 7.96. The molecule has 3 rings (SSSR count). The highest BCUT2D eigenvalue weighted by Crippen LogP contribution is 2.48. The number of halogens is 1. The molecule has 2 aromatic heterocycles. The van der Waals surface area contributed by atoms with Crippen LogP contribution >= 0.6 is 22.9 Å². The van der Waals surface area contributed by atoms with Crippen LogP contribution in [-0.2, 0) is 0 Å². The predicted molar refractivity (Wildman–Crippen MR) is 83.3 cm³/mol. The first-order valence-corrected chi connectivity index (χ1v) is 7.26. The molecule has 0 aliphatic rings. The molecule has 0 amide bonds. The lowest BCUT2D eigenvalue weighted by atomic mass is 10.0.